The fraction of sp³-hybridized carbons (Fsp3) is 0.391. The molecule has 9 heteroatoms. The predicted octanol–water partition coefficient (Wildman–Crippen LogP) is 2.94. The standard InChI is InChI=1S/C23H29N3O5S/c1-17-8-4-5-9-19(17)23(28)24-13-12-22(27)25-20-16-18(10-11-21(20)31-2)32(29,30)26-14-6-3-7-15-26/h4-5,8-11,16H,3,6-7,12-15H2,1-2H3,(H,24,28)(H,25,27). The highest BCUT2D eigenvalue weighted by Crippen LogP contribution is 2.30. The molecule has 8 nitrogen and oxygen atoms in total. The van der Waals surface area contributed by atoms with Crippen LogP contribution in [0.1, 0.15) is 41.6 Å². The molecule has 1 aliphatic rings. The van der Waals surface area contributed by atoms with Gasteiger partial charge in [-0.25, -0.2) is 8.42 Å². The van der Waals surface area contributed by atoms with Gasteiger partial charge in [-0.1, -0.05) is 24.6 Å². The Morgan fingerprint density at radius 3 is 2.47 bits per heavy atom. The van der Waals surface area contributed by atoms with E-state index < -0.39 is 10.0 Å². The molecule has 3 rings (SSSR count). The highest BCUT2D eigenvalue weighted by Gasteiger charge is 2.27. The Morgan fingerprint density at radius 2 is 1.78 bits per heavy atom. The number of aryl methyl sites for hydroxylation is 1. The summed E-state index contributed by atoms with van der Waals surface area (Å²) in [4.78, 5) is 24.8. The molecule has 1 fully saturated rings. The zero-order valence-electron chi connectivity index (χ0n) is 18.4. The lowest BCUT2D eigenvalue weighted by Crippen LogP contribution is -2.35. The van der Waals surface area contributed by atoms with Crippen LogP contribution in [0.2, 0.25) is 0 Å². The average molecular weight is 460 g/mol. The molecule has 1 saturated heterocycles. The summed E-state index contributed by atoms with van der Waals surface area (Å²) >= 11 is 0. The van der Waals surface area contributed by atoms with Gasteiger partial charge < -0.3 is 15.4 Å². The van der Waals surface area contributed by atoms with Gasteiger partial charge in [-0.3, -0.25) is 9.59 Å². The topological polar surface area (TPSA) is 105 Å². The molecule has 0 bridgehead atoms. The zero-order valence-corrected chi connectivity index (χ0v) is 19.2. The fourth-order valence-corrected chi connectivity index (χ4v) is 5.17. The summed E-state index contributed by atoms with van der Waals surface area (Å²) in [5.74, 6) is -0.246. The maximum absolute atomic E-state index is 13.0. The van der Waals surface area contributed by atoms with E-state index in [-0.39, 0.29) is 35.4 Å². The number of hydrogen-bond donors (Lipinski definition) is 2. The number of benzene rings is 2. The number of nitrogens with zero attached hydrogens (tertiary/aromatic N) is 1. The molecule has 32 heavy (non-hydrogen) atoms. The quantitative estimate of drug-likeness (QED) is 0.632. The summed E-state index contributed by atoms with van der Waals surface area (Å²) in [5, 5.41) is 5.43. The highest BCUT2D eigenvalue weighted by molar-refractivity contribution is 7.89. The van der Waals surface area contributed by atoms with E-state index in [2.05, 4.69) is 10.6 Å². The Balaban J connectivity index is 1.64. The van der Waals surface area contributed by atoms with Crippen molar-refractivity contribution in [2.24, 2.45) is 0 Å². The Bertz CT molecular complexity index is 1080. The van der Waals surface area contributed by atoms with Crippen LogP contribution in [0.25, 0.3) is 0 Å². The number of anilines is 1. The molecule has 0 aromatic heterocycles. The third-order valence-corrected chi connectivity index (χ3v) is 7.32. The fourth-order valence-electron chi connectivity index (χ4n) is 3.62. The number of nitrogens with one attached hydrogen (secondary N) is 2. The molecular weight excluding hydrogens is 430 g/mol. The number of hydrogen-bond acceptors (Lipinski definition) is 5. The first-order valence-electron chi connectivity index (χ1n) is 10.6. The molecule has 0 spiro atoms. The third-order valence-electron chi connectivity index (χ3n) is 5.43. The van der Waals surface area contributed by atoms with Crippen LogP contribution in [0.5, 0.6) is 5.75 Å². The second kappa shape index (κ2) is 10.6. The van der Waals surface area contributed by atoms with Crippen LogP contribution in [0, 0.1) is 6.92 Å². The maximum atomic E-state index is 13.0. The van der Waals surface area contributed by atoms with Gasteiger partial charge in [0.05, 0.1) is 17.7 Å². The second-order valence-electron chi connectivity index (χ2n) is 7.70. The van der Waals surface area contributed by atoms with E-state index in [1.807, 2.05) is 19.1 Å². The first kappa shape index (κ1) is 23.7. The van der Waals surface area contributed by atoms with Gasteiger partial charge in [0.2, 0.25) is 15.9 Å². The van der Waals surface area contributed by atoms with E-state index >= 15 is 0 Å². The summed E-state index contributed by atoms with van der Waals surface area (Å²) < 4.78 is 32.7. The smallest absolute Gasteiger partial charge is 0.251 e. The van der Waals surface area contributed by atoms with Crippen molar-refractivity contribution in [1.82, 2.24) is 9.62 Å². The van der Waals surface area contributed by atoms with Crippen molar-refractivity contribution in [1.29, 1.82) is 0 Å². The Labute approximate surface area is 189 Å². The van der Waals surface area contributed by atoms with Gasteiger partial charge >= 0.3 is 0 Å². The van der Waals surface area contributed by atoms with Crippen LogP contribution in [-0.2, 0) is 14.8 Å². The zero-order chi connectivity index (χ0) is 23.1. The number of carbonyl (C=O) groups is 2. The molecule has 0 atom stereocenters. The Hall–Kier alpha value is -2.91. The van der Waals surface area contributed by atoms with Crippen LogP contribution in [0.4, 0.5) is 5.69 Å². The summed E-state index contributed by atoms with van der Waals surface area (Å²) in [6, 6.07) is 11.7. The van der Waals surface area contributed by atoms with E-state index in [4.69, 9.17) is 4.74 Å². The molecule has 2 aromatic rings. The minimum Gasteiger partial charge on any atom is -0.495 e. The highest BCUT2D eigenvalue weighted by atomic mass is 32.2. The van der Waals surface area contributed by atoms with Crippen molar-refractivity contribution >= 4 is 27.5 Å². The molecule has 172 valence electrons. The van der Waals surface area contributed by atoms with Crippen LogP contribution in [0.3, 0.4) is 0 Å². The van der Waals surface area contributed by atoms with E-state index in [0.29, 0.717) is 24.4 Å². The first-order chi connectivity index (χ1) is 15.3. The molecule has 0 saturated carbocycles. The molecule has 1 aliphatic heterocycles. The number of carbonyl (C=O) groups excluding carboxylic acids is 2. The van der Waals surface area contributed by atoms with Crippen molar-refractivity contribution in [2.75, 3.05) is 32.1 Å². The summed E-state index contributed by atoms with van der Waals surface area (Å²) in [7, 11) is -2.19. The van der Waals surface area contributed by atoms with Gasteiger partial charge in [0.15, 0.2) is 0 Å². The van der Waals surface area contributed by atoms with Gasteiger partial charge in [0.25, 0.3) is 5.91 Å². The molecule has 0 unspecified atom stereocenters. The molecule has 0 aliphatic carbocycles. The number of sulfonamides is 1. The molecule has 2 amide bonds. The summed E-state index contributed by atoms with van der Waals surface area (Å²) in [5.41, 5.74) is 1.69. The van der Waals surface area contributed by atoms with E-state index in [0.717, 1.165) is 24.8 Å². The van der Waals surface area contributed by atoms with Crippen molar-refractivity contribution in [3.05, 3.63) is 53.6 Å². The van der Waals surface area contributed by atoms with Gasteiger partial charge in [-0.2, -0.15) is 4.31 Å². The lowest BCUT2D eigenvalue weighted by Gasteiger charge is -2.26. The minimum atomic E-state index is -3.64. The average Bonchev–Trinajstić information content (AvgIpc) is 2.79. The van der Waals surface area contributed by atoms with Crippen LogP contribution < -0.4 is 15.4 Å². The van der Waals surface area contributed by atoms with Crippen molar-refractivity contribution in [2.45, 2.75) is 37.5 Å². The third kappa shape index (κ3) is 5.66. The number of piperidine rings is 1. The monoisotopic (exact) mass is 459 g/mol. The molecule has 2 aromatic carbocycles. The van der Waals surface area contributed by atoms with Gasteiger partial charge in [-0.05, 0) is 49.6 Å². The molecule has 1 heterocycles. The van der Waals surface area contributed by atoms with Crippen molar-refractivity contribution in [3.8, 4) is 5.75 Å². The lowest BCUT2D eigenvalue weighted by molar-refractivity contribution is -0.116. The number of rotatable bonds is 8. The van der Waals surface area contributed by atoms with Gasteiger partial charge in [0.1, 0.15) is 5.75 Å². The van der Waals surface area contributed by atoms with Gasteiger partial charge in [0, 0.05) is 31.6 Å². The summed E-state index contributed by atoms with van der Waals surface area (Å²) in [6.07, 6.45) is 2.74. The maximum Gasteiger partial charge on any atom is 0.251 e. The summed E-state index contributed by atoms with van der Waals surface area (Å²) in [6.45, 7) is 2.99. The predicted molar refractivity (Wildman–Crippen MR) is 122 cm³/mol. The molecular formula is C23H29N3O5S. The first-order valence-corrected chi connectivity index (χ1v) is 12.1. The minimum absolute atomic E-state index is 0.0316. The number of ether oxygens (including phenoxy) is 1. The van der Waals surface area contributed by atoms with Gasteiger partial charge in [-0.15, -0.1) is 0 Å². The largest absolute Gasteiger partial charge is 0.495 e. The van der Waals surface area contributed by atoms with Crippen molar-refractivity contribution in [3.63, 3.8) is 0 Å². The van der Waals surface area contributed by atoms with E-state index in [1.54, 1.807) is 12.1 Å². The van der Waals surface area contributed by atoms with Crippen molar-refractivity contribution < 1.29 is 22.7 Å². The van der Waals surface area contributed by atoms with Crippen LogP contribution >= 0.6 is 0 Å². The SMILES string of the molecule is COc1ccc(S(=O)(=O)N2CCCCC2)cc1NC(=O)CCNC(=O)c1ccccc1C. The Kier molecular flexibility index (Phi) is 7.87. The van der Waals surface area contributed by atoms with Crippen LogP contribution in [0.15, 0.2) is 47.4 Å². The normalized spacial score (nSPS) is 14.6. The molecule has 0 radical (unpaired) electrons. The molecule has 2 N–H and O–H groups in total. The number of amides is 2. The Morgan fingerprint density at radius 1 is 1.06 bits per heavy atom. The number of methoxy groups -OCH3 is 1. The van der Waals surface area contributed by atoms with Crippen LogP contribution in [-0.4, -0.2) is 51.3 Å². The lowest BCUT2D eigenvalue weighted by atomic mass is 10.1. The van der Waals surface area contributed by atoms with E-state index in [9.17, 15) is 18.0 Å². The second-order valence-corrected chi connectivity index (χ2v) is 9.63. The van der Waals surface area contributed by atoms with E-state index in [1.165, 1.54) is 29.6 Å².